The van der Waals surface area contributed by atoms with E-state index in [4.69, 9.17) is 11.6 Å². The summed E-state index contributed by atoms with van der Waals surface area (Å²) >= 11 is 5.98. The van der Waals surface area contributed by atoms with E-state index in [-0.39, 0.29) is 6.10 Å². The molecule has 1 N–H and O–H groups in total. The average molecular weight is 254 g/mol. The molecule has 1 aliphatic rings. The van der Waals surface area contributed by atoms with Crippen LogP contribution < -0.4 is 0 Å². The first-order valence-corrected chi connectivity index (χ1v) is 6.71. The third kappa shape index (κ3) is 3.44. The zero-order valence-electron chi connectivity index (χ0n) is 10.3. The number of aliphatic hydroxyl groups is 1. The Labute approximate surface area is 108 Å². The van der Waals surface area contributed by atoms with Crippen LogP contribution in [0.15, 0.2) is 24.3 Å². The van der Waals surface area contributed by atoms with Crippen LogP contribution in [0.2, 0.25) is 5.02 Å². The van der Waals surface area contributed by atoms with E-state index in [0.717, 1.165) is 37.5 Å². The Bertz CT molecular complexity index is 369. The van der Waals surface area contributed by atoms with Crippen molar-refractivity contribution in [1.29, 1.82) is 0 Å². The van der Waals surface area contributed by atoms with E-state index in [9.17, 15) is 5.11 Å². The molecule has 1 fully saturated rings. The normalized spacial score (nSPS) is 26.1. The van der Waals surface area contributed by atoms with Crippen molar-refractivity contribution in [2.45, 2.75) is 32.4 Å². The first-order valence-electron chi connectivity index (χ1n) is 6.34. The Hall–Kier alpha value is -0.570. The number of halogens is 1. The molecule has 0 aromatic heterocycles. The van der Waals surface area contributed by atoms with Crippen molar-refractivity contribution in [1.82, 2.24) is 4.90 Å². The van der Waals surface area contributed by atoms with Gasteiger partial charge < -0.3 is 5.11 Å². The van der Waals surface area contributed by atoms with Gasteiger partial charge in [0.05, 0.1) is 6.10 Å². The van der Waals surface area contributed by atoms with E-state index in [2.05, 4.69) is 17.9 Å². The van der Waals surface area contributed by atoms with Crippen molar-refractivity contribution in [3.8, 4) is 0 Å². The SMILES string of the molecule is CCC1CN(Cc2cccc(Cl)c2)CCC1O. The molecular formula is C14H20ClNO. The van der Waals surface area contributed by atoms with Crippen LogP contribution in [0, 0.1) is 5.92 Å². The van der Waals surface area contributed by atoms with Gasteiger partial charge in [0, 0.05) is 24.7 Å². The molecule has 17 heavy (non-hydrogen) atoms. The van der Waals surface area contributed by atoms with Crippen LogP contribution in [-0.2, 0) is 6.54 Å². The minimum absolute atomic E-state index is 0.115. The van der Waals surface area contributed by atoms with Crippen LogP contribution in [0.25, 0.3) is 0 Å². The van der Waals surface area contributed by atoms with E-state index in [1.807, 2.05) is 18.2 Å². The molecule has 1 saturated heterocycles. The topological polar surface area (TPSA) is 23.5 Å². The highest BCUT2D eigenvalue weighted by molar-refractivity contribution is 6.30. The van der Waals surface area contributed by atoms with Gasteiger partial charge in [0.15, 0.2) is 0 Å². The molecule has 0 bridgehead atoms. The summed E-state index contributed by atoms with van der Waals surface area (Å²) in [7, 11) is 0. The van der Waals surface area contributed by atoms with Crippen molar-refractivity contribution in [3.63, 3.8) is 0 Å². The molecule has 0 amide bonds. The summed E-state index contributed by atoms with van der Waals surface area (Å²) in [6.07, 6.45) is 1.82. The van der Waals surface area contributed by atoms with Crippen LogP contribution in [0.1, 0.15) is 25.3 Å². The molecule has 2 rings (SSSR count). The van der Waals surface area contributed by atoms with Gasteiger partial charge in [-0.15, -0.1) is 0 Å². The Kier molecular flexibility index (Phi) is 4.43. The van der Waals surface area contributed by atoms with Gasteiger partial charge in [0.1, 0.15) is 0 Å². The fourth-order valence-electron chi connectivity index (χ4n) is 2.53. The third-order valence-corrected chi connectivity index (χ3v) is 3.83. The van der Waals surface area contributed by atoms with Crippen molar-refractivity contribution < 1.29 is 5.11 Å². The predicted molar refractivity (Wildman–Crippen MR) is 71.1 cm³/mol. The summed E-state index contributed by atoms with van der Waals surface area (Å²) in [6, 6.07) is 8.03. The molecule has 1 heterocycles. The van der Waals surface area contributed by atoms with Crippen molar-refractivity contribution >= 4 is 11.6 Å². The quantitative estimate of drug-likeness (QED) is 0.895. The third-order valence-electron chi connectivity index (χ3n) is 3.60. The Morgan fingerprint density at radius 3 is 3.00 bits per heavy atom. The number of hydrogen-bond donors (Lipinski definition) is 1. The van der Waals surface area contributed by atoms with Crippen molar-refractivity contribution in [2.24, 2.45) is 5.92 Å². The highest BCUT2D eigenvalue weighted by Crippen LogP contribution is 2.22. The standard InChI is InChI=1S/C14H20ClNO/c1-2-12-10-16(7-6-14(12)17)9-11-4-3-5-13(15)8-11/h3-5,8,12,14,17H,2,6-7,9-10H2,1H3. The van der Waals surface area contributed by atoms with E-state index >= 15 is 0 Å². The molecule has 0 saturated carbocycles. The number of aliphatic hydroxyl groups excluding tert-OH is 1. The number of likely N-dealkylation sites (tertiary alicyclic amines) is 1. The van der Waals surface area contributed by atoms with Crippen molar-refractivity contribution in [3.05, 3.63) is 34.9 Å². The number of rotatable bonds is 3. The maximum Gasteiger partial charge on any atom is 0.0592 e. The van der Waals surface area contributed by atoms with E-state index in [1.54, 1.807) is 0 Å². The maximum absolute atomic E-state index is 9.85. The lowest BCUT2D eigenvalue weighted by Gasteiger charge is -2.35. The van der Waals surface area contributed by atoms with Gasteiger partial charge >= 0.3 is 0 Å². The molecule has 1 aliphatic heterocycles. The first-order chi connectivity index (χ1) is 8.19. The number of hydrogen-bond acceptors (Lipinski definition) is 2. The molecule has 0 aliphatic carbocycles. The Balaban J connectivity index is 1.95. The van der Waals surface area contributed by atoms with Gasteiger partial charge in [-0.25, -0.2) is 0 Å². The van der Waals surface area contributed by atoms with Crippen LogP contribution in [0.3, 0.4) is 0 Å². The summed E-state index contributed by atoms with van der Waals surface area (Å²) in [5, 5.41) is 10.6. The van der Waals surface area contributed by atoms with Crippen LogP contribution in [0.4, 0.5) is 0 Å². The molecule has 1 aromatic carbocycles. The van der Waals surface area contributed by atoms with Crippen LogP contribution in [-0.4, -0.2) is 29.2 Å². The van der Waals surface area contributed by atoms with Crippen molar-refractivity contribution in [2.75, 3.05) is 13.1 Å². The second kappa shape index (κ2) is 5.85. The summed E-state index contributed by atoms with van der Waals surface area (Å²) in [5.41, 5.74) is 1.25. The molecule has 3 heteroatoms. The minimum atomic E-state index is -0.115. The molecule has 94 valence electrons. The molecule has 2 unspecified atom stereocenters. The van der Waals surface area contributed by atoms with Crippen LogP contribution in [0.5, 0.6) is 0 Å². The fourth-order valence-corrected chi connectivity index (χ4v) is 2.75. The van der Waals surface area contributed by atoms with Crippen LogP contribution >= 0.6 is 11.6 Å². The van der Waals surface area contributed by atoms with E-state index in [0.29, 0.717) is 5.92 Å². The molecule has 1 aromatic rings. The highest BCUT2D eigenvalue weighted by Gasteiger charge is 2.26. The van der Waals surface area contributed by atoms with Gasteiger partial charge in [-0.3, -0.25) is 4.90 Å². The van der Waals surface area contributed by atoms with E-state index < -0.39 is 0 Å². The second-order valence-corrected chi connectivity index (χ2v) is 5.33. The zero-order valence-corrected chi connectivity index (χ0v) is 11.0. The zero-order chi connectivity index (χ0) is 12.3. The fraction of sp³-hybridized carbons (Fsp3) is 0.571. The molecule has 2 atom stereocenters. The predicted octanol–water partition coefficient (Wildman–Crippen LogP) is 2.93. The smallest absolute Gasteiger partial charge is 0.0592 e. The number of benzene rings is 1. The second-order valence-electron chi connectivity index (χ2n) is 4.89. The van der Waals surface area contributed by atoms with E-state index in [1.165, 1.54) is 5.56 Å². The highest BCUT2D eigenvalue weighted by atomic mass is 35.5. The Morgan fingerprint density at radius 2 is 2.29 bits per heavy atom. The lowest BCUT2D eigenvalue weighted by molar-refractivity contribution is 0.0222. The van der Waals surface area contributed by atoms with Gasteiger partial charge in [0.25, 0.3) is 0 Å². The molecule has 2 nitrogen and oxygen atoms in total. The van der Waals surface area contributed by atoms with Gasteiger partial charge in [0.2, 0.25) is 0 Å². The number of nitrogens with zero attached hydrogens (tertiary/aromatic N) is 1. The molecular weight excluding hydrogens is 234 g/mol. The number of piperidine rings is 1. The van der Waals surface area contributed by atoms with Gasteiger partial charge in [-0.2, -0.15) is 0 Å². The first kappa shape index (κ1) is 12.9. The largest absolute Gasteiger partial charge is 0.393 e. The maximum atomic E-state index is 9.85. The average Bonchev–Trinajstić information content (AvgIpc) is 2.32. The molecule has 0 spiro atoms. The lowest BCUT2D eigenvalue weighted by atomic mass is 9.92. The molecule has 0 radical (unpaired) electrons. The summed E-state index contributed by atoms with van der Waals surface area (Å²) in [5.74, 6) is 0.419. The Morgan fingerprint density at radius 1 is 1.47 bits per heavy atom. The van der Waals surface area contributed by atoms with Gasteiger partial charge in [-0.1, -0.05) is 30.7 Å². The summed E-state index contributed by atoms with van der Waals surface area (Å²) in [6.45, 7) is 5.05. The summed E-state index contributed by atoms with van der Waals surface area (Å²) < 4.78 is 0. The van der Waals surface area contributed by atoms with Gasteiger partial charge in [-0.05, 0) is 36.5 Å². The minimum Gasteiger partial charge on any atom is -0.393 e. The summed E-state index contributed by atoms with van der Waals surface area (Å²) in [4.78, 5) is 2.41. The monoisotopic (exact) mass is 253 g/mol. The lowest BCUT2D eigenvalue weighted by Crippen LogP contribution is -2.42.